The van der Waals surface area contributed by atoms with E-state index in [2.05, 4.69) is 0 Å². The number of Topliss-reactive ketones (excluding diaryl/α,β-unsaturated/α-hetero) is 1. The van der Waals surface area contributed by atoms with Crippen molar-refractivity contribution in [2.75, 3.05) is 30.0 Å². The quantitative estimate of drug-likeness (QED) is 0.362. The molecule has 5 rings (SSSR count). The fourth-order valence-corrected chi connectivity index (χ4v) is 4.28. The molecule has 3 heterocycles. The largest absolute Gasteiger partial charge is 0.507 e. The van der Waals surface area contributed by atoms with Crippen LogP contribution in [0.4, 0.5) is 11.4 Å². The molecule has 1 amide bonds. The fraction of sp³-hybridized carbons (Fsp3) is 0.167. The molecule has 1 N–H and O–H groups in total. The average Bonchev–Trinajstić information content (AvgIpc) is 3.40. The summed E-state index contributed by atoms with van der Waals surface area (Å²) in [6, 6.07) is 14.2. The van der Waals surface area contributed by atoms with E-state index in [4.69, 9.17) is 20.8 Å². The van der Waals surface area contributed by atoms with E-state index in [-0.39, 0.29) is 11.3 Å². The van der Waals surface area contributed by atoms with Gasteiger partial charge in [-0.1, -0.05) is 17.7 Å². The van der Waals surface area contributed by atoms with Crippen LogP contribution in [-0.2, 0) is 9.59 Å². The molecule has 0 bridgehead atoms. The number of carbonyl (C=O) groups is 2. The van der Waals surface area contributed by atoms with Gasteiger partial charge < -0.3 is 19.2 Å². The zero-order chi connectivity index (χ0) is 22.4. The van der Waals surface area contributed by atoms with Crippen molar-refractivity contribution in [2.24, 2.45) is 0 Å². The highest BCUT2D eigenvalue weighted by Gasteiger charge is 2.48. The van der Waals surface area contributed by atoms with Gasteiger partial charge in [-0.3, -0.25) is 14.5 Å². The lowest BCUT2D eigenvalue weighted by molar-refractivity contribution is -0.132. The summed E-state index contributed by atoms with van der Waals surface area (Å²) in [4.78, 5) is 29.5. The van der Waals surface area contributed by atoms with Crippen molar-refractivity contribution >= 4 is 40.4 Å². The second-order valence-corrected chi connectivity index (χ2v) is 8.05. The molecule has 8 heteroatoms. The van der Waals surface area contributed by atoms with Gasteiger partial charge in [0, 0.05) is 23.3 Å². The number of fused-ring (bicyclic) bond motifs is 1. The number of nitrogens with zero attached hydrogens (tertiary/aromatic N) is 2. The Bertz CT molecular complexity index is 1250. The SMILES string of the molecule is CN1CCOc2ccc(/C(O)=C3/C(=O)C(=O)N(c4cccc(Cl)c4)C3c3ccco3)cc21. The molecule has 1 aromatic heterocycles. The van der Waals surface area contributed by atoms with Crippen LogP contribution in [0.2, 0.25) is 5.02 Å². The third-order valence-electron chi connectivity index (χ3n) is 5.67. The first-order valence-corrected chi connectivity index (χ1v) is 10.4. The van der Waals surface area contributed by atoms with Crippen molar-refractivity contribution in [3.05, 3.63) is 82.8 Å². The predicted octanol–water partition coefficient (Wildman–Crippen LogP) is 4.39. The highest BCUT2D eigenvalue weighted by atomic mass is 35.5. The molecule has 1 fully saturated rings. The standard InChI is InChI=1S/C24H19ClN2O5/c1-26-9-11-32-18-8-7-14(12-17(18)26)22(28)20-21(19-6-3-10-31-19)27(24(30)23(20)29)16-5-2-4-15(25)13-16/h2-8,10,12-13,21,28H,9,11H2,1H3/b22-20-. The van der Waals surface area contributed by atoms with E-state index in [1.54, 1.807) is 54.6 Å². The molecule has 2 aromatic carbocycles. The first kappa shape index (κ1) is 20.2. The monoisotopic (exact) mass is 450 g/mol. The number of ketones is 1. The minimum absolute atomic E-state index is 0.0516. The number of amides is 1. The van der Waals surface area contributed by atoms with Crippen molar-refractivity contribution in [2.45, 2.75) is 6.04 Å². The maximum absolute atomic E-state index is 13.1. The molecule has 32 heavy (non-hydrogen) atoms. The van der Waals surface area contributed by atoms with Crippen LogP contribution < -0.4 is 14.5 Å². The maximum atomic E-state index is 13.1. The lowest BCUT2D eigenvalue weighted by Crippen LogP contribution is -2.29. The minimum atomic E-state index is -0.937. The number of likely N-dealkylation sites (N-methyl/N-ethyl adjacent to an activating group) is 1. The smallest absolute Gasteiger partial charge is 0.300 e. The molecule has 0 radical (unpaired) electrons. The molecule has 3 aromatic rings. The van der Waals surface area contributed by atoms with Gasteiger partial charge in [0.15, 0.2) is 0 Å². The number of benzene rings is 2. The predicted molar refractivity (Wildman–Crippen MR) is 120 cm³/mol. The summed E-state index contributed by atoms with van der Waals surface area (Å²) < 4.78 is 11.2. The summed E-state index contributed by atoms with van der Waals surface area (Å²) in [5.74, 6) is -0.808. The van der Waals surface area contributed by atoms with Crippen molar-refractivity contribution in [1.29, 1.82) is 0 Å². The molecule has 162 valence electrons. The van der Waals surface area contributed by atoms with Gasteiger partial charge in [0.1, 0.15) is 29.9 Å². The van der Waals surface area contributed by atoms with Crippen molar-refractivity contribution in [3.63, 3.8) is 0 Å². The molecule has 1 atom stereocenters. The van der Waals surface area contributed by atoms with Crippen LogP contribution >= 0.6 is 11.6 Å². The molecule has 2 aliphatic heterocycles. The summed E-state index contributed by atoms with van der Waals surface area (Å²) in [6.07, 6.45) is 1.46. The Labute approximate surface area is 189 Å². The summed E-state index contributed by atoms with van der Waals surface area (Å²) >= 11 is 6.13. The number of halogens is 1. The van der Waals surface area contributed by atoms with Gasteiger partial charge in [-0.05, 0) is 48.5 Å². The van der Waals surface area contributed by atoms with E-state index in [1.807, 2.05) is 11.9 Å². The zero-order valence-corrected chi connectivity index (χ0v) is 17.9. The lowest BCUT2D eigenvalue weighted by atomic mass is 9.98. The van der Waals surface area contributed by atoms with Gasteiger partial charge >= 0.3 is 0 Å². The van der Waals surface area contributed by atoms with Crippen LogP contribution in [0.15, 0.2) is 70.9 Å². The minimum Gasteiger partial charge on any atom is -0.507 e. The molecule has 1 unspecified atom stereocenters. The van der Waals surface area contributed by atoms with E-state index in [1.165, 1.54) is 11.2 Å². The van der Waals surface area contributed by atoms with Crippen LogP contribution in [-0.4, -0.2) is 37.0 Å². The lowest BCUT2D eigenvalue weighted by Gasteiger charge is -2.28. The number of carbonyl (C=O) groups excluding carboxylic acids is 2. The third kappa shape index (κ3) is 3.22. The van der Waals surface area contributed by atoms with Gasteiger partial charge in [-0.15, -0.1) is 0 Å². The van der Waals surface area contributed by atoms with Crippen molar-refractivity contribution < 1.29 is 23.8 Å². The van der Waals surface area contributed by atoms with Gasteiger partial charge in [0.2, 0.25) is 0 Å². The molecular weight excluding hydrogens is 432 g/mol. The number of aliphatic hydroxyl groups is 1. The molecule has 0 spiro atoms. The van der Waals surface area contributed by atoms with Gasteiger partial charge in [-0.2, -0.15) is 0 Å². The molecule has 7 nitrogen and oxygen atoms in total. The molecular formula is C24H19ClN2O5. The number of ether oxygens (including phenoxy) is 1. The Morgan fingerprint density at radius 2 is 1.97 bits per heavy atom. The van der Waals surface area contributed by atoms with Crippen LogP contribution in [0.5, 0.6) is 5.75 Å². The summed E-state index contributed by atoms with van der Waals surface area (Å²) in [7, 11) is 1.92. The highest BCUT2D eigenvalue weighted by Crippen LogP contribution is 2.43. The Balaban J connectivity index is 1.68. The van der Waals surface area contributed by atoms with E-state index in [9.17, 15) is 14.7 Å². The summed E-state index contributed by atoms with van der Waals surface area (Å²) in [5.41, 5.74) is 1.57. The number of aliphatic hydroxyl groups excluding tert-OH is 1. The van der Waals surface area contributed by atoms with Crippen molar-refractivity contribution in [3.8, 4) is 5.75 Å². The first-order chi connectivity index (χ1) is 15.5. The van der Waals surface area contributed by atoms with E-state index >= 15 is 0 Å². The number of hydrogen-bond donors (Lipinski definition) is 1. The Hall–Kier alpha value is -3.71. The van der Waals surface area contributed by atoms with Crippen LogP contribution in [0.1, 0.15) is 17.4 Å². The Kier molecular flexibility index (Phi) is 4.90. The number of anilines is 2. The van der Waals surface area contributed by atoms with E-state index in [0.29, 0.717) is 40.9 Å². The second-order valence-electron chi connectivity index (χ2n) is 7.62. The average molecular weight is 451 g/mol. The zero-order valence-electron chi connectivity index (χ0n) is 17.1. The molecule has 2 aliphatic rings. The number of furan rings is 1. The topological polar surface area (TPSA) is 83.2 Å². The van der Waals surface area contributed by atoms with Gasteiger partial charge in [0.05, 0.1) is 24.1 Å². The molecule has 1 saturated heterocycles. The van der Waals surface area contributed by atoms with Crippen molar-refractivity contribution in [1.82, 2.24) is 0 Å². The summed E-state index contributed by atoms with van der Waals surface area (Å²) in [5, 5.41) is 11.7. The Morgan fingerprint density at radius 1 is 1.12 bits per heavy atom. The Morgan fingerprint density at radius 3 is 2.72 bits per heavy atom. The highest BCUT2D eigenvalue weighted by molar-refractivity contribution is 6.51. The normalized spacial score (nSPS) is 19.8. The van der Waals surface area contributed by atoms with Crippen LogP contribution in [0.25, 0.3) is 5.76 Å². The van der Waals surface area contributed by atoms with Gasteiger partial charge in [0.25, 0.3) is 11.7 Å². The first-order valence-electron chi connectivity index (χ1n) is 10.0. The van der Waals surface area contributed by atoms with E-state index in [0.717, 1.165) is 5.69 Å². The fourth-order valence-electron chi connectivity index (χ4n) is 4.09. The van der Waals surface area contributed by atoms with Crippen LogP contribution in [0, 0.1) is 0 Å². The van der Waals surface area contributed by atoms with Gasteiger partial charge in [-0.25, -0.2) is 0 Å². The summed E-state index contributed by atoms with van der Waals surface area (Å²) in [6.45, 7) is 1.26. The molecule has 0 saturated carbocycles. The number of rotatable bonds is 3. The number of hydrogen-bond acceptors (Lipinski definition) is 6. The maximum Gasteiger partial charge on any atom is 0.300 e. The second kappa shape index (κ2) is 7.76. The van der Waals surface area contributed by atoms with E-state index < -0.39 is 17.7 Å². The van der Waals surface area contributed by atoms with Crippen LogP contribution in [0.3, 0.4) is 0 Å². The molecule has 0 aliphatic carbocycles. The third-order valence-corrected chi connectivity index (χ3v) is 5.91.